The number of carboxylic acid groups (broad SMARTS) is 1. The Morgan fingerprint density at radius 3 is 2.81 bits per heavy atom. The number of nitrogens with zero attached hydrogens (tertiary/aromatic N) is 2. The van der Waals surface area contributed by atoms with Crippen LogP contribution in [0.5, 0.6) is 0 Å². The van der Waals surface area contributed by atoms with Crippen LogP contribution in [0.3, 0.4) is 0 Å². The summed E-state index contributed by atoms with van der Waals surface area (Å²) in [7, 11) is 0. The molecular formula is C17H26N4O4S. The number of likely N-dealkylation sites (tertiary alicyclic amines) is 1. The topological polar surface area (TPSA) is 112 Å². The molecule has 2 heterocycles. The monoisotopic (exact) mass is 382 g/mol. The summed E-state index contributed by atoms with van der Waals surface area (Å²) in [6.07, 6.45) is 2.07. The zero-order valence-corrected chi connectivity index (χ0v) is 16.0. The molecule has 1 fully saturated rings. The van der Waals surface area contributed by atoms with Crippen LogP contribution in [0, 0.1) is 11.8 Å². The summed E-state index contributed by atoms with van der Waals surface area (Å²) in [5.41, 5.74) is 0.0339. The van der Waals surface area contributed by atoms with Crippen LogP contribution in [0.4, 0.5) is 4.79 Å². The molecule has 9 heteroatoms. The number of carboxylic acids is 1. The Kier molecular flexibility index (Phi) is 7.38. The van der Waals surface area contributed by atoms with Gasteiger partial charge in [0.2, 0.25) is 5.91 Å². The van der Waals surface area contributed by atoms with Crippen molar-refractivity contribution in [2.75, 3.05) is 26.2 Å². The highest BCUT2D eigenvalue weighted by Gasteiger charge is 2.28. The van der Waals surface area contributed by atoms with E-state index in [0.717, 1.165) is 12.8 Å². The molecule has 3 amide bonds. The Labute approximate surface area is 157 Å². The molecule has 0 saturated carbocycles. The molecule has 8 nitrogen and oxygen atoms in total. The largest absolute Gasteiger partial charge is 0.476 e. The van der Waals surface area contributed by atoms with Gasteiger partial charge in [-0.2, -0.15) is 0 Å². The number of thiazole rings is 1. The summed E-state index contributed by atoms with van der Waals surface area (Å²) in [4.78, 5) is 41.0. The first-order valence-electron chi connectivity index (χ1n) is 8.85. The molecule has 1 atom stereocenters. The number of piperidine rings is 1. The lowest BCUT2D eigenvalue weighted by molar-refractivity contribution is -0.126. The number of aromatic nitrogens is 1. The molecule has 0 aliphatic carbocycles. The molecule has 1 aromatic rings. The summed E-state index contributed by atoms with van der Waals surface area (Å²) in [6, 6.07) is -0.111. The van der Waals surface area contributed by atoms with Crippen LogP contribution in [-0.4, -0.2) is 59.1 Å². The first-order valence-corrected chi connectivity index (χ1v) is 9.73. The number of carbonyl (C=O) groups is 3. The van der Waals surface area contributed by atoms with E-state index in [-0.39, 0.29) is 23.6 Å². The zero-order valence-electron chi connectivity index (χ0n) is 15.2. The van der Waals surface area contributed by atoms with E-state index in [0.29, 0.717) is 43.5 Å². The quantitative estimate of drug-likeness (QED) is 0.663. The molecule has 0 spiro atoms. The minimum atomic E-state index is -1.05. The van der Waals surface area contributed by atoms with Gasteiger partial charge < -0.3 is 20.6 Å². The number of carbonyl (C=O) groups excluding carboxylic acids is 2. The first-order chi connectivity index (χ1) is 12.4. The molecule has 1 saturated heterocycles. The van der Waals surface area contributed by atoms with Gasteiger partial charge in [-0.05, 0) is 18.8 Å². The van der Waals surface area contributed by atoms with E-state index in [9.17, 15) is 14.4 Å². The molecule has 0 bridgehead atoms. The van der Waals surface area contributed by atoms with Crippen LogP contribution < -0.4 is 10.6 Å². The third-order valence-corrected chi connectivity index (χ3v) is 5.06. The van der Waals surface area contributed by atoms with E-state index in [4.69, 9.17) is 5.11 Å². The maximum atomic E-state index is 12.4. The second-order valence-electron chi connectivity index (χ2n) is 6.84. The number of nitrogens with one attached hydrogen (secondary N) is 2. The van der Waals surface area contributed by atoms with Gasteiger partial charge in [0, 0.05) is 38.0 Å². The molecule has 1 unspecified atom stereocenters. The van der Waals surface area contributed by atoms with Crippen molar-refractivity contribution in [1.82, 2.24) is 20.5 Å². The zero-order chi connectivity index (χ0) is 19.1. The van der Waals surface area contributed by atoms with E-state index >= 15 is 0 Å². The molecule has 3 N–H and O–H groups in total. The Morgan fingerprint density at radius 1 is 1.38 bits per heavy atom. The average molecular weight is 382 g/mol. The van der Waals surface area contributed by atoms with Crippen molar-refractivity contribution in [3.63, 3.8) is 0 Å². The van der Waals surface area contributed by atoms with Crippen molar-refractivity contribution in [3.05, 3.63) is 16.1 Å². The van der Waals surface area contributed by atoms with Crippen LogP contribution in [0.15, 0.2) is 5.38 Å². The highest BCUT2D eigenvalue weighted by molar-refractivity contribution is 7.09. The highest BCUT2D eigenvalue weighted by atomic mass is 32.1. The Bertz CT molecular complexity index is 646. The summed E-state index contributed by atoms with van der Waals surface area (Å²) in [5, 5.41) is 16.8. The van der Waals surface area contributed by atoms with Gasteiger partial charge in [0.1, 0.15) is 0 Å². The number of aromatic carboxylic acids is 1. The maximum absolute atomic E-state index is 12.4. The number of hydrogen-bond acceptors (Lipinski definition) is 5. The van der Waals surface area contributed by atoms with Gasteiger partial charge in [0.25, 0.3) is 0 Å². The number of rotatable bonds is 7. The molecule has 26 heavy (non-hydrogen) atoms. The summed E-state index contributed by atoms with van der Waals surface area (Å²) in [5.74, 6) is -0.939. The van der Waals surface area contributed by atoms with E-state index in [1.54, 1.807) is 4.90 Å². The van der Waals surface area contributed by atoms with Crippen LogP contribution >= 0.6 is 11.3 Å². The van der Waals surface area contributed by atoms with Crippen LogP contribution in [0.25, 0.3) is 0 Å². The van der Waals surface area contributed by atoms with Crippen molar-refractivity contribution >= 4 is 29.2 Å². The Hall–Kier alpha value is -2.16. The molecule has 0 aromatic carbocycles. The van der Waals surface area contributed by atoms with Gasteiger partial charge in [-0.15, -0.1) is 11.3 Å². The Balaban J connectivity index is 1.75. The fraction of sp³-hybridized carbons (Fsp3) is 0.647. The molecule has 1 aliphatic rings. The lowest BCUT2D eigenvalue weighted by Gasteiger charge is -2.32. The third-order valence-electron chi connectivity index (χ3n) is 4.15. The van der Waals surface area contributed by atoms with Gasteiger partial charge in [0.05, 0.1) is 10.9 Å². The number of urea groups is 1. The van der Waals surface area contributed by atoms with Gasteiger partial charge in [-0.3, -0.25) is 4.79 Å². The second kappa shape index (κ2) is 9.51. The van der Waals surface area contributed by atoms with E-state index < -0.39 is 5.97 Å². The predicted molar refractivity (Wildman–Crippen MR) is 98.3 cm³/mol. The van der Waals surface area contributed by atoms with Crippen LogP contribution in [-0.2, 0) is 11.2 Å². The lowest BCUT2D eigenvalue weighted by atomic mass is 9.97. The molecular weight excluding hydrogens is 356 g/mol. The van der Waals surface area contributed by atoms with E-state index in [1.165, 1.54) is 16.7 Å². The Morgan fingerprint density at radius 2 is 2.15 bits per heavy atom. The summed E-state index contributed by atoms with van der Waals surface area (Å²) < 4.78 is 0. The molecule has 2 rings (SSSR count). The minimum Gasteiger partial charge on any atom is -0.476 e. The van der Waals surface area contributed by atoms with Crippen LogP contribution in [0.1, 0.15) is 42.2 Å². The lowest BCUT2D eigenvalue weighted by Crippen LogP contribution is -2.49. The fourth-order valence-corrected chi connectivity index (χ4v) is 3.51. The van der Waals surface area contributed by atoms with E-state index in [1.807, 2.05) is 13.8 Å². The van der Waals surface area contributed by atoms with Crippen molar-refractivity contribution in [2.45, 2.75) is 33.1 Å². The normalized spacial score (nSPS) is 17.2. The maximum Gasteiger partial charge on any atom is 0.355 e. The third kappa shape index (κ3) is 5.98. The SMILES string of the molecule is CC(C)CNC(=O)N1CCCC(C(=O)NCCc2nc(C(=O)O)cs2)C1. The van der Waals surface area contributed by atoms with Crippen LogP contribution in [0.2, 0.25) is 0 Å². The predicted octanol–water partition coefficient (Wildman–Crippen LogP) is 1.58. The molecule has 1 aromatic heterocycles. The average Bonchev–Trinajstić information content (AvgIpc) is 3.09. The fourth-order valence-electron chi connectivity index (χ4n) is 2.74. The van der Waals surface area contributed by atoms with Gasteiger partial charge >= 0.3 is 12.0 Å². The second-order valence-corrected chi connectivity index (χ2v) is 7.78. The molecule has 0 radical (unpaired) electrons. The minimum absolute atomic E-state index is 0.0339. The van der Waals surface area contributed by atoms with Gasteiger partial charge in [-0.25, -0.2) is 14.6 Å². The first kappa shape index (κ1) is 20.2. The molecule has 144 valence electrons. The van der Waals surface area contributed by atoms with Crippen molar-refractivity contribution in [1.29, 1.82) is 0 Å². The summed E-state index contributed by atoms with van der Waals surface area (Å²) >= 11 is 1.27. The van der Waals surface area contributed by atoms with E-state index in [2.05, 4.69) is 15.6 Å². The smallest absolute Gasteiger partial charge is 0.355 e. The number of amides is 3. The summed E-state index contributed by atoms with van der Waals surface area (Å²) in [6.45, 7) is 6.20. The van der Waals surface area contributed by atoms with Crippen molar-refractivity contribution in [3.8, 4) is 0 Å². The molecule has 1 aliphatic heterocycles. The van der Waals surface area contributed by atoms with Gasteiger partial charge in [-0.1, -0.05) is 13.8 Å². The highest BCUT2D eigenvalue weighted by Crippen LogP contribution is 2.17. The number of hydrogen-bond donors (Lipinski definition) is 3. The van der Waals surface area contributed by atoms with Gasteiger partial charge in [0.15, 0.2) is 5.69 Å². The van der Waals surface area contributed by atoms with Crippen molar-refractivity contribution in [2.24, 2.45) is 11.8 Å². The van der Waals surface area contributed by atoms with Crippen molar-refractivity contribution < 1.29 is 19.5 Å². The standard InChI is InChI=1S/C17H26N4O4S/c1-11(2)8-19-17(25)21-7-3-4-12(9-21)15(22)18-6-5-14-20-13(10-26-14)16(23)24/h10-12H,3-9H2,1-2H3,(H,18,22)(H,19,25)(H,23,24).